The number of aromatic nitrogens is 1. The predicted octanol–water partition coefficient (Wildman–Crippen LogP) is 4.53. The highest BCUT2D eigenvalue weighted by molar-refractivity contribution is 6.40. The normalized spacial score (nSPS) is 11.0. The minimum atomic E-state index is -0.281. The van der Waals surface area contributed by atoms with Gasteiger partial charge >= 0.3 is 0 Å². The third kappa shape index (κ3) is 2.38. The van der Waals surface area contributed by atoms with Gasteiger partial charge in [0.15, 0.2) is 0 Å². The van der Waals surface area contributed by atoms with Gasteiger partial charge in [-0.05, 0) is 29.7 Å². The summed E-state index contributed by atoms with van der Waals surface area (Å²) in [6.07, 6.45) is 0. The van der Waals surface area contributed by atoms with Gasteiger partial charge in [0.2, 0.25) is 0 Å². The molecule has 0 saturated heterocycles. The standard InChI is InChI=1S/C15H9Cl3N2O/c16-9-6-11(17)14(12(18)7-9)20-13(19)5-8-3-1-2-4-10(8)15(20)21/h1-7H,19H2. The fourth-order valence-electron chi connectivity index (χ4n) is 2.26. The van der Waals surface area contributed by atoms with E-state index in [1.54, 1.807) is 18.2 Å². The van der Waals surface area contributed by atoms with Gasteiger partial charge in [-0.1, -0.05) is 53.0 Å². The molecule has 0 atom stereocenters. The summed E-state index contributed by atoms with van der Waals surface area (Å²) in [4.78, 5) is 12.7. The quantitative estimate of drug-likeness (QED) is 0.708. The van der Waals surface area contributed by atoms with Crippen molar-refractivity contribution >= 4 is 51.4 Å². The number of fused-ring (bicyclic) bond motifs is 1. The maximum Gasteiger partial charge on any atom is 0.264 e. The lowest BCUT2D eigenvalue weighted by Gasteiger charge is -2.14. The Labute approximate surface area is 135 Å². The van der Waals surface area contributed by atoms with Crippen molar-refractivity contribution < 1.29 is 0 Å². The van der Waals surface area contributed by atoms with Crippen LogP contribution in [0, 0.1) is 0 Å². The first-order chi connectivity index (χ1) is 9.99. The van der Waals surface area contributed by atoms with Gasteiger partial charge in [0.25, 0.3) is 5.56 Å². The second-order valence-electron chi connectivity index (χ2n) is 4.52. The van der Waals surface area contributed by atoms with Crippen LogP contribution in [0.3, 0.4) is 0 Å². The smallest absolute Gasteiger partial charge is 0.264 e. The monoisotopic (exact) mass is 338 g/mol. The summed E-state index contributed by atoms with van der Waals surface area (Å²) >= 11 is 18.3. The molecule has 0 spiro atoms. The molecule has 3 nitrogen and oxygen atoms in total. The number of nitrogens with two attached hydrogens (primary N) is 1. The molecule has 0 aliphatic carbocycles. The fraction of sp³-hybridized carbons (Fsp3) is 0. The summed E-state index contributed by atoms with van der Waals surface area (Å²) in [5.41, 5.74) is 6.06. The molecular weight excluding hydrogens is 331 g/mol. The van der Waals surface area contributed by atoms with E-state index in [2.05, 4.69) is 0 Å². The first kappa shape index (κ1) is 14.3. The molecule has 1 aromatic heterocycles. The highest BCUT2D eigenvalue weighted by Gasteiger charge is 2.15. The van der Waals surface area contributed by atoms with Crippen LogP contribution in [0.5, 0.6) is 0 Å². The molecule has 2 N–H and O–H groups in total. The zero-order valence-electron chi connectivity index (χ0n) is 10.6. The van der Waals surface area contributed by atoms with Crippen molar-refractivity contribution in [1.82, 2.24) is 4.57 Å². The Balaban J connectivity index is 2.44. The van der Waals surface area contributed by atoms with E-state index in [1.807, 2.05) is 12.1 Å². The molecule has 3 aromatic rings. The summed E-state index contributed by atoms with van der Waals surface area (Å²) in [5, 5.41) is 2.21. The first-order valence-corrected chi connectivity index (χ1v) is 7.17. The number of rotatable bonds is 1. The molecule has 21 heavy (non-hydrogen) atoms. The maximum absolute atomic E-state index is 12.7. The van der Waals surface area contributed by atoms with Gasteiger partial charge in [0.1, 0.15) is 5.82 Å². The topological polar surface area (TPSA) is 48.0 Å². The molecule has 2 aromatic carbocycles. The lowest BCUT2D eigenvalue weighted by Crippen LogP contribution is -2.22. The van der Waals surface area contributed by atoms with Crippen LogP contribution >= 0.6 is 34.8 Å². The molecule has 0 aliphatic heterocycles. The summed E-state index contributed by atoms with van der Waals surface area (Å²) in [5.74, 6) is 0.254. The van der Waals surface area contributed by atoms with E-state index < -0.39 is 0 Å². The third-order valence-corrected chi connectivity index (χ3v) is 3.96. The van der Waals surface area contributed by atoms with Gasteiger partial charge in [-0.25, -0.2) is 0 Å². The van der Waals surface area contributed by atoms with Crippen LogP contribution in [0.1, 0.15) is 0 Å². The number of benzene rings is 2. The van der Waals surface area contributed by atoms with Gasteiger partial charge in [0, 0.05) is 10.4 Å². The molecular formula is C15H9Cl3N2O. The molecule has 0 saturated carbocycles. The second kappa shape index (κ2) is 5.26. The Morgan fingerprint density at radius 2 is 1.57 bits per heavy atom. The van der Waals surface area contributed by atoms with Crippen LogP contribution in [0.4, 0.5) is 5.82 Å². The Hall–Kier alpha value is -1.68. The summed E-state index contributed by atoms with van der Waals surface area (Å²) in [7, 11) is 0. The van der Waals surface area contributed by atoms with Gasteiger partial charge in [-0.3, -0.25) is 9.36 Å². The Morgan fingerprint density at radius 1 is 0.952 bits per heavy atom. The molecule has 0 radical (unpaired) electrons. The van der Waals surface area contributed by atoms with E-state index in [-0.39, 0.29) is 21.4 Å². The molecule has 0 aliphatic rings. The van der Waals surface area contributed by atoms with E-state index in [0.717, 1.165) is 5.39 Å². The summed E-state index contributed by atoms with van der Waals surface area (Å²) in [6, 6.07) is 11.9. The van der Waals surface area contributed by atoms with E-state index in [4.69, 9.17) is 40.5 Å². The Bertz CT molecular complexity index is 895. The Morgan fingerprint density at radius 3 is 2.24 bits per heavy atom. The highest BCUT2D eigenvalue weighted by atomic mass is 35.5. The van der Waals surface area contributed by atoms with Crippen LogP contribution in [0.2, 0.25) is 15.1 Å². The van der Waals surface area contributed by atoms with Crippen LogP contribution in [0.15, 0.2) is 47.3 Å². The van der Waals surface area contributed by atoms with E-state index >= 15 is 0 Å². The first-order valence-electron chi connectivity index (χ1n) is 6.04. The lowest BCUT2D eigenvalue weighted by atomic mass is 10.1. The highest BCUT2D eigenvalue weighted by Crippen LogP contribution is 2.33. The van der Waals surface area contributed by atoms with Gasteiger partial charge in [-0.15, -0.1) is 0 Å². The number of hydrogen-bond donors (Lipinski definition) is 1. The number of hydrogen-bond acceptors (Lipinski definition) is 2. The van der Waals surface area contributed by atoms with Gasteiger partial charge in [-0.2, -0.15) is 0 Å². The predicted molar refractivity (Wildman–Crippen MR) is 89.0 cm³/mol. The van der Waals surface area contributed by atoms with E-state index in [9.17, 15) is 4.79 Å². The van der Waals surface area contributed by atoms with Crippen LogP contribution in [0.25, 0.3) is 16.5 Å². The largest absolute Gasteiger partial charge is 0.385 e. The van der Waals surface area contributed by atoms with Crippen LogP contribution < -0.4 is 11.3 Å². The van der Waals surface area contributed by atoms with Crippen molar-refractivity contribution in [2.75, 3.05) is 5.73 Å². The number of nitrogens with zero attached hydrogens (tertiary/aromatic N) is 1. The van der Waals surface area contributed by atoms with Gasteiger partial charge in [0.05, 0.1) is 15.7 Å². The molecule has 0 unspecified atom stereocenters. The molecule has 6 heteroatoms. The van der Waals surface area contributed by atoms with Crippen molar-refractivity contribution in [1.29, 1.82) is 0 Å². The number of halogens is 3. The van der Waals surface area contributed by atoms with Crippen LogP contribution in [-0.2, 0) is 0 Å². The lowest BCUT2D eigenvalue weighted by molar-refractivity contribution is 1.02. The molecule has 106 valence electrons. The number of anilines is 1. The Kier molecular flexibility index (Phi) is 3.57. The summed E-state index contributed by atoms with van der Waals surface area (Å²) in [6.45, 7) is 0. The summed E-state index contributed by atoms with van der Waals surface area (Å²) < 4.78 is 1.29. The van der Waals surface area contributed by atoms with Crippen molar-refractivity contribution in [2.45, 2.75) is 0 Å². The van der Waals surface area contributed by atoms with Crippen molar-refractivity contribution in [3.8, 4) is 5.69 Å². The SMILES string of the molecule is Nc1cc2ccccc2c(=O)n1-c1c(Cl)cc(Cl)cc1Cl. The maximum atomic E-state index is 12.7. The minimum Gasteiger partial charge on any atom is -0.385 e. The molecule has 0 amide bonds. The second-order valence-corrected chi connectivity index (χ2v) is 5.77. The van der Waals surface area contributed by atoms with Crippen molar-refractivity contribution in [3.05, 3.63) is 67.9 Å². The van der Waals surface area contributed by atoms with Gasteiger partial charge < -0.3 is 5.73 Å². The van der Waals surface area contributed by atoms with Crippen molar-refractivity contribution in [2.24, 2.45) is 0 Å². The fourth-order valence-corrected chi connectivity index (χ4v) is 3.24. The average molecular weight is 340 g/mol. The number of nitrogen functional groups attached to an aromatic ring is 1. The van der Waals surface area contributed by atoms with E-state index in [1.165, 1.54) is 16.7 Å². The zero-order valence-corrected chi connectivity index (χ0v) is 12.9. The molecule has 0 fully saturated rings. The average Bonchev–Trinajstić information content (AvgIpc) is 2.41. The molecule has 1 heterocycles. The molecule has 3 rings (SSSR count). The van der Waals surface area contributed by atoms with Crippen molar-refractivity contribution in [3.63, 3.8) is 0 Å². The van der Waals surface area contributed by atoms with E-state index in [0.29, 0.717) is 16.1 Å². The molecule has 0 bridgehead atoms. The number of pyridine rings is 1. The zero-order chi connectivity index (χ0) is 15.1. The third-order valence-electron chi connectivity index (χ3n) is 3.16. The van der Waals surface area contributed by atoms with Crippen LogP contribution in [-0.4, -0.2) is 4.57 Å². The minimum absolute atomic E-state index is 0.254.